The second kappa shape index (κ2) is 2.45. The largest absolute Gasteiger partial charge is 0.299 e. The van der Waals surface area contributed by atoms with Crippen LogP contribution in [0.5, 0.6) is 0 Å². The topological polar surface area (TPSA) is 30.2 Å². The van der Waals surface area contributed by atoms with E-state index in [0.29, 0.717) is 5.15 Å². The first-order chi connectivity index (χ1) is 5.70. The number of fused-ring (bicyclic) bond motifs is 1. The van der Waals surface area contributed by atoms with Crippen LogP contribution < -0.4 is 0 Å². The van der Waals surface area contributed by atoms with Crippen molar-refractivity contribution in [1.82, 2.24) is 14.4 Å². The third-order valence-corrected chi connectivity index (χ3v) is 2.14. The normalized spacial score (nSPS) is 10.9. The summed E-state index contributed by atoms with van der Waals surface area (Å²) in [5.41, 5.74) is 1.82. The first-order valence-corrected chi connectivity index (χ1v) is 4.03. The van der Waals surface area contributed by atoms with Crippen molar-refractivity contribution in [3.63, 3.8) is 0 Å². The van der Waals surface area contributed by atoms with E-state index in [-0.39, 0.29) is 0 Å². The summed E-state index contributed by atoms with van der Waals surface area (Å²) in [4.78, 5) is 8.28. The summed E-state index contributed by atoms with van der Waals surface area (Å²) in [6, 6.07) is 0. The molecule has 0 aliphatic carbocycles. The second-order valence-corrected chi connectivity index (χ2v) is 3.04. The Hall–Kier alpha value is -1.09. The zero-order valence-electron chi connectivity index (χ0n) is 6.87. The Morgan fingerprint density at radius 2 is 2.17 bits per heavy atom. The summed E-state index contributed by atoms with van der Waals surface area (Å²) in [6.45, 7) is 3.87. The molecule has 0 unspecified atom stereocenters. The van der Waals surface area contributed by atoms with Crippen LogP contribution in [0, 0.1) is 13.8 Å². The highest BCUT2D eigenvalue weighted by atomic mass is 35.5. The molecule has 2 heterocycles. The van der Waals surface area contributed by atoms with Gasteiger partial charge in [-0.05, 0) is 13.8 Å². The number of rotatable bonds is 0. The number of hydrogen-bond acceptors (Lipinski definition) is 2. The van der Waals surface area contributed by atoms with Gasteiger partial charge in [-0.15, -0.1) is 0 Å². The molecule has 0 N–H and O–H groups in total. The van der Waals surface area contributed by atoms with E-state index in [1.54, 1.807) is 6.20 Å². The molecule has 0 fully saturated rings. The number of halogens is 1. The van der Waals surface area contributed by atoms with E-state index in [1.165, 1.54) is 0 Å². The van der Waals surface area contributed by atoms with E-state index in [9.17, 15) is 0 Å². The molecule has 0 amide bonds. The van der Waals surface area contributed by atoms with Gasteiger partial charge in [-0.2, -0.15) is 0 Å². The lowest BCUT2D eigenvalue weighted by Crippen LogP contribution is -1.88. The van der Waals surface area contributed by atoms with Crippen LogP contribution in [0.15, 0.2) is 12.4 Å². The van der Waals surface area contributed by atoms with Gasteiger partial charge in [0.15, 0.2) is 5.15 Å². The van der Waals surface area contributed by atoms with Crippen LogP contribution >= 0.6 is 11.6 Å². The van der Waals surface area contributed by atoms with Crippen LogP contribution in [0.4, 0.5) is 0 Å². The highest BCUT2D eigenvalue weighted by molar-refractivity contribution is 6.32. The standard InChI is InChI=1S/C8H8ClN3/c1-5-7-8(9)10-3-4-12(7)6(2)11-5/h3-4H,1-2H3. The summed E-state index contributed by atoms with van der Waals surface area (Å²) in [5.74, 6) is 0.937. The van der Waals surface area contributed by atoms with Gasteiger partial charge in [-0.25, -0.2) is 9.97 Å². The summed E-state index contributed by atoms with van der Waals surface area (Å²) in [6.07, 6.45) is 3.53. The van der Waals surface area contributed by atoms with Crippen LogP contribution in [0.3, 0.4) is 0 Å². The predicted octanol–water partition coefficient (Wildman–Crippen LogP) is 2.00. The van der Waals surface area contributed by atoms with Crippen LogP contribution in [0.1, 0.15) is 11.5 Å². The summed E-state index contributed by atoms with van der Waals surface area (Å²) in [7, 11) is 0. The number of aryl methyl sites for hydroxylation is 2. The number of nitrogens with zero attached hydrogens (tertiary/aromatic N) is 3. The molecule has 0 aliphatic heterocycles. The molecule has 0 spiro atoms. The average Bonchev–Trinajstić information content (AvgIpc) is 2.29. The van der Waals surface area contributed by atoms with E-state index < -0.39 is 0 Å². The Morgan fingerprint density at radius 3 is 2.83 bits per heavy atom. The van der Waals surface area contributed by atoms with E-state index in [1.807, 2.05) is 24.4 Å². The fourth-order valence-corrected chi connectivity index (χ4v) is 1.63. The van der Waals surface area contributed by atoms with Crippen molar-refractivity contribution < 1.29 is 0 Å². The highest BCUT2D eigenvalue weighted by Crippen LogP contribution is 2.18. The minimum Gasteiger partial charge on any atom is -0.299 e. The lowest BCUT2D eigenvalue weighted by molar-refractivity contribution is 1.02. The Kier molecular flexibility index (Phi) is 1.54. The number of hydrogen-bond donors (Lipinski definition) is 0. The Morgan fingerprint density at radius 1 is 1.42 bits per heavy atom. The van der Waals surface area contributed by atoms with Gasteiger partial charge in [0.2, 0.25) is 0 Å². The van der Waals surface area contributed by atoms with Crippen LogP contribution in [0.25, 0.3) is 5.52 Å². The third kappa shape index (κ3) is 0.898. The fourth-order valence-electron chi connectivity index (χ4n) is 1.34. The Labute approximate surface area is 75.0 Å². The molecule has 0 saturated heterocycles. The van der Waals surface area contributed by atoms with Gasteiger partial charge in [-0.3, -0.25) is 4.40 Å². The van der Waals surface area contributed by atoms with Crippen LogP contribution in [-0.4, -0.2) is 14.4 Å². The minimum absolute atomic E-state index is 0.510. The maximum Gasteiger partial charge on any atom is 0.154 e. The molecule has 0 bridgehead atoms. The van der Waals surface area contributed by atoms with Gasteiger partial charge in [-0.1, -0.05) is 11.6 Å². The predicted molar refractivity (Wildman–Crippen MR) is 47.5 cm³/mol. The summed E-state index contributed by atoms with van der Waals surface area (Å²) >= 11 is 5.90. The SMILES string of the molecule is Cc1nc(C)n2ccnc(Cl)c12. The Bertz CT molecular complexity index is 433. The second-order valence-electron chi connectivity index (χ2n) is 2.68. The van der Waals surface area contributed by atoms with Gasteiger partial charge < -0.3 is 0 Å². The molecular formula is C8H8ClN3. The molecule has 12 heavy (non-hydrogen) atoms. The monoisotopic (exact) mass is 181 g/mol. The molecule has 0 radical (unpaired) electrons. The molecule has 4 heteroatoms. The van der Waals surface area contributed by atoms with Crippen molar-refractivity contribution in [3.05, 3.63) is 29.1 Å². The maximum absolute atomic E-state index is 5.90. The molecule has 3 nitrogen and oxygen atoms in total. The van der Waals surface area contributed by atoms with E-state index in [4.69, 9.17) is 11.6 Å². The lowest BCUT2D eigenvalue weighted by atomic mass is 10.4. The van der Waals surface area contributed by atoms with Crippen molar-refractivity contribution in [2.75, 3.05) is 0 Å². The maximum atomic E-state index is 5.90. The molecule has 2 aromatic rings. The first kappa shape index (κ1) is 7.55. The van der Waals surface area contributed by atoms with Crippen LogP contribution in [-0.2, 0) is 0 Å². The first-order valence-electron chi connectivity index (χ1n) is 3.66. The van der Waals surface area contributed by atoms with E-state index in [2.05, 4.69) is 9.97 Å². The van der Waals surface area contributed by atoms with Crippen molar-refractivity contribution in [1.29, 1.82) is 0 Å². The zero-order valence-corrected chi connectivity index (χ0v) is 7.63. The average molecular weight is 182 g/mol. The van der Waals surface area contributed by atoms with Gasteiger partial charge in [0, 0.05) is 12.4 Å². The Balaban J connectivity index is 2.99. The highest BCUT2D eigenvalue weighted by Gasteiger charge is 2.07. The molecule has 0 aliphatic rings. The van der Waals surface area contributed by atoms with Crippen molar-refractivity contribution in [3.8, 4) is 0 Å². The van der Waals surface area contributed by atoms with Gasteiger partial charge >= 0.3 is 0 Å². The van der Waals surface area contributed by atoms with Gasteiger partial charge in [0.1, 0.15) is 11.3 Å². The third-order valence-electron chi connectivity index (χ3n) is 1.86. The lowest BCUT2D eigenvalue weighted by Gasteiger charge is -1.96. The molecule has 0 atom stereocenters. The van der Waals surface area contributed by atoms with Crippen molar-refractivity contribution >= 4 is 17.1 Å². The molecule has 62 valence electrons. The number of imidazole rings is 1. The molecule has 0 saturated carbocycles. The van der Waals surface area contributed by atoms with Crippen molar-refractivity contribution in [2.45, 2.75) is 13.8 Å². The summed E-state index contributed by atoms with van der Waals surface area (Å²) < 4.78 is 1.94. The minimum atomic E-state index is 0.510. The quantitative estimate of drug-likeness (QED) is 0.622. The van der Waals surface area contributed by atoms with Crippen molar-refractivity contribution in [2.24, 2.45) is 0 Å². The fraction of sp³-hybridized carbons (Fsp3) is 0.250. The summed E-state index contributed by atoms with van der Waals surface area (Å²) in [5, 5.41) is 0.510. The van der Waals surface area contributed by atoms with Crippen LogP contribution in [0.2, 0.25) is 5.15 Å². The molecular weight excluding hydrogens is 174 g/mol. The smallest absolute Gasteiger partial charge is 0.154 e. The zero-order chi connectivity index (χ0) is 8.72. The molecule has 2 aromatic heterocycles. The van der Waals surface area contributed by atoms with E-state index >= 15 is 0 Å². The molecule has 2 rings (SSSR count). The molecule has 0 aromatic carbocycles. The van der Waals surface area contributed by atoms with E-state index in [0.717, 1.165) is 17.0 Å². The number of aromatic nitrogens is 3. The van der Waals surface area contributed by atoms with Gasteiger partial charge in [0.25, 0.3) is 0 Å². The van der Waals surface area contributed by atoms with Gasteiger partial charge in [0.05, 0.1) is 5.69 Å².